The lowest BCUT2D eigenvalue weighted by atomic mass is 9.63. The summed E-state index contributed by atoms with van der Waals surface area (Å²) in [6, 6.07) is 2.30. The number of carbonyl (C=O) groups excluding carboxylic acids is 1. The second-order valence-electron chi connectivity index (χ2n) is 5.92. The predicted molar refractivity (Wildman–Crippen MR) is 78.1 cm³/mol. The van der Waals surface area contributed by atoms with E-state index in [1.807, 2.05) is 13.0 Å². The van der Waals surface area contributed by atoms with Gasteiger partial charge in [0.25, 0.3) is 0 Å². The van der Waals surface area contributed by atoms with Crippen molar-refractivity contribution in [1.82, 2.24) is 10.2 Å². The zero-order valence-corrected chi connectivity index (χ0v) is 13.1. The van der Waals surface area contributed by atoms with Gasteiger partial charge >= 0.3 is 0 Å². The summed E-state index contributed by atoms with van der Waals surface area (Å²) >= 11 is 0. The first kappa shape index (κ1) is 16.9. The molecule has 114 valence electrons. The van der Waals surface area contributed by atoms with E-state index in [9.17, 15) is 4.79 Å². The first-order valence-electron chi connectivity index (χ1n) is 7.46. The van der Waals surface area contributed by atoms with Crippen molar-refractivity contribution in [1.29, 1.82) is 5.26 Å². The van der Waals surface area contributed by atoms with Gasteiger partial charge in [-0.05, 0) is 26.3 Å². The van der Waals surface area contributed by atoms with Gasteiger partial charge in [-0.3, -0.25) is 9.69 Å². The summed E-state index contributed by atoms with van der Waals surface area (Å²) in [6.07, 6.45) is 2.27. The van der Waals surface area contributed by atoms with Crippen molar-refractivity contribution < 1.29 is 9.53 Å². The van der Waals surface area contributed by atoms with Gasteiger partial charge < -0.3 is 10.1 Å². The minimum absolute atomic E-state index is 0.0701. The van der Waals surface area contributed by atoms with Crippen LogP contribution in [0.15, 0.2) is 0 Å². The number of hydrogen-bond acceptors (Lipinski definition) is 4. The molecule has 1 fully saturated rings. The highest BCUT2D eigenvalue weighted by Crippen LogP contribution is 2.45. The zero-order valence-electron chi connectivity index (χ0n) is 13.1. The molecular formula is C15H27N3O2. The van der Waals surface area contributed by atoms with Gasteiger partial charge in [0, 0.05) is 18.1 Å². The minimum Gasteiger partial charge on any atom is -0.378 e. The molecule has 0 saturated heterocycles. The summed E-state index contributed by atoms with van der Waals surface area (Å²) in [5.74, 6) is -0.0735. The van der Waals surface area contributed by atoms with Crippen LogP contribution in [0.3, 0.4) is 0 Å². The van der Waals surface area contributed by atoms with E-state index in [4.69, 9.17) is 10.00 Å². The van der Waals surface area contributed by atoms with Gasteiger partial charge in [0.05, 0.1) is 18.7 Å². The van der Waals surface area contributed by atoms with Crippen molar-refractivity contribution in [3.05, 3.63) is 0 Å². The van der Waals surface area contributed by atoms with E-state index in [0.29, 0.717) is 12.6 Å². The van der Waals surface area contributed by atoms with Gasteiger partial charge in [-0.15, -0.1) is 0 Å². The first-order valence-corrected chi connectivity index (χ1v) is 7.46. The van der Waals surface area contributed by atoms with E-state index in [-0.39, 0.29) is 24.0 Å². The van der Waals surface area contributed by atoms with Crippen molar-refractivity contribution >= 4 is 5.91 Å². The molecule has 20 heavy (non-hydrogen) atoms. The quantitative estimate of drug-likeness (QED) is 0.685. The van der Waals surface area contributed by atoms with Crippen molar-refractivity contribution in [2.24, 2.45) is 5.41 Å². The highest BCUT2D eigenvalue weighted by Gasteiger charge is 2.51. The van der Waals surface area contributed by atoms with Gasteiger partial charge in [-0.1, -0.05) is 20.8 Å². The topological polar surface area (TPSA) is 65.4 Å². The molecule has 1 amide bonds. The average Bonchev–Trinajstić information content (AvgIpc) is 2.40. The molecule has 0 aromatic rings. The summed E-state index contributed by atoms with van der Waals surface area (Å²) in [6.45, 7) is 10.6. The molecule has 0 aliphatic heterocycles. The summed E-state index contributed by atoms with van der Waals surface area (Å²) in [5.41, 5.74) is 0.0701. The number of nitriles is 1. The Morgan fingerprint density at radius 2 is 2.20 bits per heavy atom. The molecule has 5 heteroatoms. The van der Waals surface area contributed by atoms with Gasteiger partial charge in [0.1, 0.15) is 6.54 Å². The third kappa shape index (κ3) is 3.94. The Morgan fingerprint density at radius 3 is 2.70 bits per heavy atom. The summed E-state index contributed by atoms with van der Waals surface area (Å²) in [4.78, 5) is 14.0. The van der Waals surface area contributed by atoms with Crippen LogP contribution in [0.2, 0.25) is 0 Å². The van der Waals surface area contributed by atoms with Gasteiger partial charge in [0.15, 0.2) is 0 Å². The van der Waals surface area contributed by atoms with Crippen molar-refractivity contribution in [3.63, 3.8) is 0 Å². The lowest BCUT2D eigenvalue weighted by molar-refractivity contribution is -0.154. The minimum atomic E-state index is -0.0735. The lowest BCUT2D eigenvalue weighted by Crippen LogP contribution is -2.63. The number of ether oxygens (including phenoxy) is 1. The smallest absolute Gasteiger partial charge is 0.235 e. The van der Waals surface area contributed by atoms with E-state index in [1.165, 1.54) is 0 Å². The molecule has 0 radical (unpaired) electrons. The fourth-order valence-electron chi connectivity index (χ4n) is 2.98. The SMILES string of the molecule is CCCN(CC(=O)NCC#N)[C@@H]1C[C@@H](OCC)C1(C)C. The monoisotopic (exact) mass is 281 g/mol. The highest BCUT2D eigenvalue weighted by atomic mass is 16.5. The number of nitrogens with zero attached hydrogens (tertiary/aromatic N) is 2. The van der Waals surface area contributed by atoms with Crippen LogP contribution in [-0.2, 0) is 9.53 Å². The molecule has 2 atom stereocenters. The molecule has 1 N–H and O–H groups in total. The summed E-state index contributed by atoms with van der Waals surface area (Å²) in [5, 5.41) is 11.1. The Labute approximate surface area is 122 Å². The molecule has 1 aliphatic carbocycles. The number of amides is 1. The van der Waals surface area contributed by atoms with Gasteiger partial charge in [0.2, 0.25) is 5.91 Å². The van der Waals surface area contributed by atoms with E-state index < -0.39 is 0 Å². The zero-order chi connectivity index (χ0) is 15.2. The van der Waals surface area contributed by atoms with E-state index in [1.54, 1.807) is 0 Å². The summed E-state index contributed by atoms with van der Waals surface area (Å²) in [7, 11) is 0. The second-order valence-corrected chi connectivity index (χ2v) is 5.92. The van der Waals surface area contributed by atoms with Crippen molar-refractivity contribution in [3.8, 4) is 6.07 Å². The third-order valence-electron chi connectivity index (χ3n) is 4.16. The molecule has 0 unspecified atom stereocenters. The molecule has 0 aromatic carbocycles. The molecule has 0 bridgehead atoms. The fourth-order valence-corrected chi connectivity index (χ4v) is 2.98. The normalized spacial score (nSPS) is 24.0. The second kappa shape index (κ2) is 7.61. The van der Waals surface area contributed by atoms with Crippen LogP contribution in [0, 0.1) is 16.7 Å². The molecule has 1 aliphatic rings. The Bertz CT molecular complexity index is 363. The van der Waals surface area contributed by atoms with Gasteiger partial charge in [-0.25, -0.2) is 0 Å². The van der Waals surface area contributed by atoms with Crippen LogP contribution >= 0.6 is 0 Å². The fraction of sp³-hybridized carbons (Fsp3) is 0.867. The Kier molecular flexibility index (Phi) is 6.44. The number of carbonyl (C=O) groups is 1. The number of nitrogens with one attached hydrogen (secondary N) is 1. The van der Waals surface area contributed by atoms with Crippen LogP contribution in [0.5, 0.6) is 0 Å². The largest absolute Gasteiger partial charge is 0.378 e. The maximum Gasteiger partial charge on any atom is 0.235 e. The molecule has 1 saturated carbocycles. The van der Waals surface area contributed by atoms with Gasteiger partial charge in [-0.2, -0.15) is 5.26 Å². The van der Waals surface area contributed by atoms with Crippen LogP contribution in [-0.4, -0.2) is 49.2 Å². The standard InChI is InChI=1S/C15H27N3O2/c1-5-9-18(11-14(19)17-8-7-16)12-10-13(20-6-2)15(12,3)4/h12-13H,5-6,8-11H2,1-4H3,(H,17,19)/t12-,13-/m1/s1. The highest BCUT2D eigenvalue weighted by molar-refractivity contribution is 5.78. The molecule has 0 heterocycles. The van der Waals surface area contributed by atoms with E-state index in [2.05, 4.69) is 31.0 Å². The maximum absolute atomic E-state index is 11.8. The first-order chi connectivity index (χ1) is 9.47. The molecule has 0 spiro atoms. The number of hydrogen-bond donors (Lipinski definition) is 1. The van der Waals surface area contributed by atoms with Crippen LogP contribution in [0.1, 0.15) is 40.5 Å². The third-order valence-corrected chi connectivity index (χ3v) is 4.16. The van der Waals surface area contributed by atoms with Crippen molar-refractivity contribution in [2.75, 3.05) is 26.2 Å². The lowest BCUT2D eigenvalue weighted by Gasteiger charge is -2.55. The Balaban J connectivity index is 2.59. The predicted octanol–water partition coefficient (Wildman–Crippen LogP) is 1.54. The van der Waals surface area contributed by atoms with Crippen LogP contribution in [0.4, 0.5) is 0 Å². The molecule has 5 nitrogen and oxygen atoms in total. The molecular weight excluding hydrogens is 254 g/mol. The average molecular weight is 281 g/mol. The Hall–Kier alpha value is -1.12. The number of rotatable bonds is 8. The summed E-state index contributed by atoms with van der Waals surface area (Å²) < 4.78 is 5.75. The Morgan fingerprint density at radius 1 is 1.50 bits per heavy atom. The van der Waals surface area contributed by atoms with E-state index >= 15 is 0 Å². The van der Waals surface area contributed by atoms with Crippen LogP contribution < -0.4 is 5.32 Å². The van der Waals surface area contributed by atoms with Crippen LogP contribution in [0.25, 0.3) is 0 Å². The maximum atomic E-state index is 11.8. The molecule has 0 aromatic heterocycles. The molecule has 1 rings (SSSR count). The van der Waals surface area contributed by atoms with Crippen molar-refractivity contribution in [2.45, 2.75) is 52.7 Å². The van der Waals surface area contributed by atoms with E-state index in [0.717, 1.165) is 26.0 Å².